The van der Waals surface area contributed by atoms with Crippen molar-refractivity contribution >= 4 is 84.5 Å². The molecule has 1 unspecified atom stereocenters. The van der Waals surface area contributed by atoms with E-state index in [2.05, 4.69) is 31.5 Å². The molecule has 0 saturated carbocycles. The number of carbonyl (C=O) groups excluding carboxylic acids is 2. The fourth-order valence-corrected chi connectivity index (χ4v) is 16.5. The minimum atomic E-state index is -1.38. The Morgan fingerprint density at radius 2 is 1.39 bits per heavy atom. The van der Waals surface area contributed by atoms with Crippen LogP contribution in [0.4, 0.5) is 29.2 Å². The van der Waals surface area contributed by atoms with Crippen molar-refractivity contribution in [1.82, 2.24) is 59.6 Å². The Hall–Kier alpha value is -9.17. The molecule has 1 N–H and O–H groups in total. The van der Waals surface area contributed by atoms with Crippen molar-refractivity contribution in [2.45, 2.75) is 98.8 Å². The van der Waals surface area contributed by atoms with Crippen LogP contribution < -0.4 is 19.3 Å². The monoisotopic (exact) mass is 1340 g/mol. The van der Waals surface area contributed by atoms with Crippen molar-refractivity contribution in [3.05, 3.63) is 132 Å². The lowest BCUT2D eigenvalue weighted by molar-refractivity contribution is -0.125. The number of likely N-dealkylation sites (N-methyl/N-ethyl adjacent to an activating group) is 2. The lowest BCUT2D eigenvalue weighted by Gasteiger charge is -2.34. The molecule has 7 saturated heterocycles. The molecule has 9 aromatic rings. The van der Waals surface area contributed by atoms with Crippen LogP contribution in [0.3, 0.4) is 0 Å². The number of benzene rings is 4. The van der Waals surface area contributed by atoms with Crippen LogP contribution in [-0.4, -0.2) is 198 Å². The van der Waals surface area contributed by atoms with Crippen LogP contribution in [-0.2, 0) is 14.3 Å². The van der Waals surface area contributed by atoms with Gasteiger partial charge in [-0.2, -0.15) is 24.9 Å². The molecule has 500 valence electrons. The number of phenolic OH excluding ortho intramolecular Hbond substituents is 1. The summed E-state index contributed by atoms with van der Waals surface area (Å²) in [6.45, 7) is 7.95. The van der Waals surface area contributed by atoms with E-state index >= 15 is 17.6 Å². The summed E-state index contributed by atoms with van der Waals surface area (Å²) in [7, 11) is 3.66. The number of pyridine rings is 2. The van der Waals surface area contributed by atoms with Crippen LogP contribution in [0.5, 0.6) is 17.8 Å². The molecule has 0 bridgehead atoms. The smallest absolute Gasteiger partial charge is 0.319 e. The maximum Gasteiger partial charge on any atom is 0.319 e. The Labute approximate surface area is 559 Å². The molecule has 7 fully saturated rings. The van der Waals surface area contributed by atoms with Gasteiger partial charge in [-0.05, 0) is 104 Å². The first-order valence-electron chi connectivity index (χ1n) is 33.0. The van der Waals surface area contributed by atoms with Gasteiger partial charge in [-0.15, -0.1) is 0 Å². The molecule has 5 aromatic heterocycles. The average molecular weight is 1340 g/mol. The highest BCUT2D eigenvalue weighted by Gasteiger charge is 2.56. The summed E-state index contributed by atoms with van der Waals surface area (Å²) in [5, 5.41) is 18.1. The van der Waals surface area contributed by atoms with Crippen LogP contribution in [0.15, 0.2) is 102 Å². The van der Waals surface area contributed by atoms with Crippen LogP contribution in [0.1, 0.15) is 80.6 Å². The maximum atomic E-state index is 17.9. The lowest BCUT2D eigenvalue weighted by Crippen LogP contribution is -2.44. The van der Waals surface area contributed by atoms with Gasteiger partial charge in [0.15, 0.2) is 17.5 Å². The van der Waals surface area contributed by atoms with E-state index in [0.29, 0.717) is 145 Å². The molecule has 0 spiro atoms. The van der Waals surface area contributed by atoms with E-state index in [1.165, 1.54) is 36.7 Å². The van der Waals surface area contributed by atoms with E-state index in [-0.39, 0.29) is 101 Å². The second-order valence-electron chi connectivity index (χ2n) is 26.9. The van der Waals surface area contributed by atoms with Crippen molar-refractivity contribution < 1.29 is 51.0 Å². The number of carbonyl (C=O) groups is 2. The molecular weight excluding hydrogens is 1270 g/mol. The fourth-order valence-electron chi connectivity index (χ4n) is 16.2. The number of likely N-dealkylation sites (tertiary alicyclic amines) is 2. The number of halogens is 5. The van der Waals surface area contributed by atoms with Gasteiger partial charge in [0.1, 0.15) is 65.4 Å². The van der Waals surface area contributed by atoms with E-state index in [1.54, 1.807) is 34.1 Å². The summed E-state index contributed by atoms with van der Waals surface area (Å²) in [6.07, 6.45) is 9.34. The van der Waals surface area contributed by atoms with Crippen LogP contribution in [0, 0.1) is 11.6 Å². The average Bonchev–Trinajstić information content (AvgIpc) is 1.47. The number of hydrogen-bond donors (Lipinski definition) is 1. The standard InChI is InChI=1S/C71H69ClF4N14O7/c1-4-55(92)87-22-16-44(33-87)85(2)67-51-31-78-61(49-27-46(91)25-39-10-5-6-12-47(39)49)59(76)63(51)81-69(83-67)96-38-71-19-9-21-90(71)64(53(74)29-71)41-24-40-11-7-13-48(57(40)52(72)26-41)60-58(75)62-50(30-77-60)66(82-68(80-62)95-37-70-18-8-20-89(70)32-43(73)28-70)86(3)45-17-23-88(34-45)56(93)15-14-54-79-65(84-97-54)42-35-94-36-42/h4-7,10-15,24-27,30-31,42-45,53,64,91H,1,8-9,16-23,28-29,32-38H2,2-3H3/b15-14+/t43-,44-,45-,53-,64?,70+,71+/m1/s1. The van der Waals surface area contributed by atoms with Crippen molar-refractivity contribution in [3.63, 3.8) is 0 Å². The predicted octanol–water partition coefficient (Wildman–Crippen LogP) is 10.8. The summed E-state index contributed by atoms with van der Waals surface area (Å²) in [5.74, 6) is -0.544. The zero-order chi connectivity index (χ0) is 66.6. The number of aromatic hydroxyl groups is 1. The summed E-state index contributed by atoms with van der Waals surface area (Å²) >= 11 is 7.39. The number of amides is 2. The molecule has 97 heavy (non-hydrogen) atoms. The van der Waals surface area contributed by atoms with Gasteiger partial charge in [-0.25, -0.2) is 17.6 Å². The molecule has 7 atom stereocenters. The highest BCUT2D eigenvalue weighted by Crippen LogP contribution is 2.52. The number of aromatic nitrogens is 8. The highest BCUT2D eigenvalue weighted by atomic mass is 35.5. The Balaban J connectivity index is 0.693. The Morgan fingerprint density at radius 1 is 0.742 bits per heavy atom. The van der Waals surface area contributed by atoms with E-state index in [9.17, 15) is 14.7 Å². The third kappa shape index (κ3) is 11.0. The van der Waals surface area contributed by atoms with Crippen LogP contribution in [0.25, 0.3) is 71.9 Å². The maximum absolute atomic E-state index is 17.9. The van der Waals surface area contributed by atoms with Gasteiger partial charge >= 0.3 is 12.0 Å². The molecule has 7 aliphatic rings. The second kappa shape index (κ2) is 24.7. The zero-order valence-electron chi connectivity index (χ0n) is 53.4. The van der Waals surface area contributed by atoms with Crippen molar-refractivity contribution in [3.8, 4) is 40.3 Å². The molecule has 2 amide bonds. The molecule has 26 heteroatoms. The highest BCUT2D eigenvalue weighted by molar-refractivity contribution is 6.37. The minimum Gasteiger partial charge on any atom is -0.508 e. The molecule has 0 aliphatic carbocycles. The minimum absolute atomic E-state index is 0.0339. The van der Waals surface area contributed by atoms with Crippen LogP contribution in [0.2, 0.25) is 5.02 Å². The molecule has 7 aliphatic heterocycles. The fraction of sp³-hybridized carbons (Fsp3) is 0.408. The number of rotatable bonds is 17. The molecule has 0 radical (unpaired) electrons. The number of fused-ring (bicyclic) bond motifs is 6. The van der Waals surface area contributed by atoms with Crippen molar-refractivity contribution in [2.24, 2.45) is 0 Å². The summed E-state index contributed by atoms with van der Waals surface area (Å²) in [6, 6.07) is 17.9. The number of ether oxygens (including phenoxy) is 3. The van der Waals surface area contributed by atoms with Gasteiger partial charge in [-0.3, -0.25) is 29.4 Å². The Morgan fingerprint density at radius 3 is 2.08 bits per heavy atom. The zero-order valence-corrected chi connectivity index (χ0v) is 54.1. The summed E-state index contributed by atoms with van der Waals surface area (Å²) in [4.78, 5) is 70.8. The lowest BCUT2D eigenvalue weighted by atomic mass is 9.93. The molecular formula is C71H69ClF4N14O7. The number of alkyl halides is 2. The largest absolute Gasteiger partial charge is 0.508 e. The third-order valence-electron chi connectivity index (χ3n) is 21.3. The van der Waals surface area contributed by atoms with E-state index in [0.717, 1.165) is 25.8 Å². The van der Waals surface area contributed by atoms with Gasteiger partial charge in [-0.1, -0.05) is 65.8 Å². The number of nitrogens with zero attached hydrogens (tertiary/aromatic N) is 14. The van der Waals surface area contributed by atoms with E-state index in [4.69, 9.17) is 55.3 Å². The number of anilines is 2. The van der Waals surface area contributed by atoms with Crippen molar-refractivity contribution in [2.75, 3.05) is 96.1 Å². The van der Waals surface area contributed by atoms with Gasteiger partial charge in [0.25, 0.3) is 5.89 Å². The topological polar surface area (TPSA) is 218 Å². The Bertz CT molecular complexity index is 4700. The number of phenols is 1. The Kier molecular flexibility index (Phi) is 16.0. The molecule has 4 aromatic carbocycles. The third-order valence-corrected chi connectivity index (χ3v) is 21.6. The van der Waals surface area contributed by atoms with E-state index in [1.807, 2.05) is 60.3 Å². The first-order chi connectivity index (χ1) is 47.0. The first-order valence-corrected chi connectivity index (χ1v) is 33.4. The molecule has 16 rings (SSSR count). The molecule has 12 heterocycles. The predicted molar refractivity (Wildman–Crippen MR) is 356 cm³/mol. The van der Waals surface area contributed by atoms with Gasteiger partial charge in [0.2, 0.25) is 11.8 Å². The first kappa shape index (κ1) is 62.6. The SMILES string of the molecule is C=CC(=O)N1CC[C@@H](N(C)c2nc(OC[C@@]34CCCN3C(c3cc(Cl)c5c(-c6ncc7c(N(C)[C@@H]8CCN(C(=O)/C=C/c9nc(C%10COC%10)no9)C8)nc(OC[C@@]89CCCN8C[C@H](F)C9)nc7c6F)cccc5c3)[C@H](F)C4)nc3c(F)c(-c4cc(O)cc5ccccc45)ncc23)C1. The summed E-state index contributed by atoms with van der Waals surface area (Å²) < 4.78 is 91.4. The van der Waals surface area contributed by atoms with E-state index < -0.39 is 41.1 Å². The van der Waals surface area contributed by atoms with Crippen LogP contribution >= 0.6 is 11.6 Å². The van der Waals surface area contributed by atoms with Gasteiger partial charge < -0.3 is 43.4 Å². The normalized spacial score (nSPS) is 24.3. The molecule has 21 nitrogen and oxygen atoms in total. The second-order valence-corrected chi connectivity index (χ2v) is 27.3. The van der Waals surface area contributed by atoms with Gasteiger partial charge in [0.05, 0.1) is 47.0 Å². The number of hydrogen-bond acceptors (Lipinski definition) is 19. The quantitative estimate of drug-likeness (QED) is 0.0662. The van der Waals surface area contributed by atoms with Gasteiger partial charge in [0, 0.05) is 118 Å². The van der Waals surface area contributed by atoms with Crippen molar-refractivity contribution in [1.29, 1.82) is 0 Å². The summed E-state index contributed by atoms with van der Waals surface area (Å²) in [5.41, 5.74) is -0.252.